The molecule has 0 aliphatic carbocycles. The highest BCUT2D eigenvalue weighted by atomic mass is 16.3. The molecule has 0 fully saturated rings. The fourth-order valence-electron chi connectivity index (χ4n) is 9.14. The lowest BCUT2D eigenvalue weighted by molar-refractivity contribution is 0.668. The average molecular weight is 801 g/mol. The summed E-state index contributed by atoms with van der Waals surface area (Å²) in [5.74, 6) is 0. The second kappa shape index (κ2) is 15.0. The van der Waals surface area contributed by atoms with Crippen LogP contribution < -0.4 is 9.80 Å². The van der Waals surface area contributed by atoms with E-state index in [9.17, 15) is 0 Å². The molecule has 0 radical (unpaired) electrons. The molecular weight excluding hydrogens is 757 g/mol. The Morgan fingerprint density at radius 1 is 0.274 bits per heavy atom. The lowest BCUT2D eigenvalue weighted by atomic mass is 10.0. The molecule has 2 heterocycles. The SMILES string of the molecule is Cc1ccccc1N(c1ccc2cc3c(cc2c1)oc1cccc2oc4cc5cc(N(c6ccccc6C)c6ccccc6C)ccc5cc4c2cccc13)c1ccccc1C. The molecule has 0 spiro atoms. The van der Waals surface area contributed by atoms with Crippen LogP contribution in [0.5, 0.6) is 0 Å². The molecule has 0 saturated carbocycles. The molecule has 0 saturated heterocycles. The molecule has 0 unspecified atom stereocenters. The standard InChI is InChI=1S/C58H44N2O2/c1-37-15-5-9-21-51(37)59(52-22-10-6-16-38(52)2)45-29-27-41-33-49-47-19-13-20-48-50-34-42-28-30-46(60(53-23-11-7-17-39(53)3)54-24-12-8-18-40(54)4)32-44(42)36-58(50)62-56(48)26-14-25-55(47)61-57(49)35-43(41)31-45/h5-36H,1-4H3. The molecule has 0 aliphatic heterocycles. The molecule has 0 aliphatic rings. The first kappa shape index (κ1) is 37.2. The minimum Gasteiger partial charge on any atom is -0.456 e. The Labute approximate surface area is 360 Å². The molecule has 0 N–H and O–H groups in total. The molecule has 11 rings (SSSR count). The predicted octanol–water partition coefficient (Wildman–Crippen LogP) is 17.1. The van der Waals surface area contributed by atoms with Crippen LogP contribution in [0, 0.1) is 27.7 Å². The number of fused-ring (bicyclic) bond motifs is 8. The van der Waals surface area contributed by atoms with Crippen molar-refractivity contribution in [1.29, 1.82) is 0 Å². The second-order valence-electron chi connectivity index (χ2n) is 16.4. The van der Waals surface area contributed by atoms with Gasteiger partial charge in [0.1, 0.15) is 22.3 Å². The first-order valence-electron chi connectivity index (χ1n) is 21.2. The summed E-state index contributed by atoms with van der Waals surface area (Å²) in [5, 5.41) is 8.80. The van der Waals surface area contributed by atoms with Crippen LogP contribution in [-0.2, 0) is 0 Å². The van der Waals surface area contributed by atoms with E-state index < -0.39 is 0 Å². The van der Waals surface area contributed by atoms with Crippen molar-refractivity contribution in [2.24, 2.45) is 0 Å². The van der Waals surface area contributed by atoms with Gasteiger partial charge in [0.2, 0.25) is 0 Å². The maximum absolute atomic E-state index is 6.63. The van der Waals surface area contributed by atoms with Crippen molar-refractivity contribution in [3.05, 3.63) is 216 Å². The smallest absolute Gasteiger partial charge is 0.136 e. The van der Waals surface area contributed by atoms with E-state index in [0.29, 0.717) is 0 Å². The van der Waals surface area contributed by atoms with Gasteiger partial charge in [-0.05, 0) is 156 Å². The number of rotatable bonds is 6. The van der Waals surface area contributed by atoms with Crippen LogP contribution in [0.25, 0.3) is 65.4 Å². The fourth-order valence-corrected chi connectivity index (χ4v) is 9.14. The number of hydrogen-bond acceptors (Lipinski definition) is 4. The summed E-state index contributed by atoms with van der Waals surface area (Å²) in [6.07, 6.45) is 0. The molecule has 62 heavy (non-hydrogen) atoms. The Morgan fingerprint density at radius 2 is 0.629 bits per heavy atom. The van der Waals surface area contributed by atoms with Gasteiger partial charge in [0, 0.05) is 55.7 Å². The summed E-state index contributed by atoms with van der Waals surface area (Å²) in [6, 6.07) is 69.2. The van der Waals surface area contributed by atoms with E-state index in [1.54, 1.807) is 0 Å². The summed E-state index contributed by atoms with van der Waals surface area (Å²) in [4.78, 5) is 4.72. The zero-order chi connectivity index (χ0) is 41.9. The summed E-state index contributed by atoms with van der Waals surface area (Å²) in [6.45, 7) is 8.68. The lowest BCUT2D eigenvalue weighted by Gasteiger charge is -2.28. The highest BCUT2D eigenvalue weighted by molar-refractivity contribution is 6.12. The van der Waals surface area contributed by atoms with Gasteiger partial charge in [0.05, 0.1) is 0 Å². The number of anilines is 6. The van der Waals surface area contributed by atoms with Crippen LogP contribution in [0.1, 0.15) is 22.3 Å². The summed E-state index contributed by atoms with van der Waals surface area (Å²) >= 11 is 0. The maximum atomic E-state index is 6.63. The number of benzene rings is 8. The zero-order valence-electron chi connectivity index (χ0n) is 35.2. The molecule has 9 aromatic carbocycles. The topological polar surface area (TPSA) is 32.8 Å². The first-order chi connectivity index (χ1) is 30.4. The number of nitrogens with zero attached hydrogens (tertiary/aromatic N) is 2. The van der Waals surface area contributed by atoms with Crippen LogP contribution in [-0.4, -0.2) is 0 Å². The van der Waals surface area contributed by atoms with Crippen LogP contribution in [0.3, 0.4) is 0 Å². The van der Waals surface area contributed by atoms with E-state index >= 15 is 0 Å². The summed E-state index contributed by atoms with van der Waals surface area (Å²) in [5.41, 5.74) is 15.0. The minimum atomic E-state index is 0.808. The van der Waals surface area contributed by atoms with Crippen molar-refractivity contribution >= 4 is 99.5 Å². The van der Waals surface area contributed by atoms with E-state index in [2.05, 4.69) is 213 Å². The van der Waals surface area contributed by atoms with Crippen molar-refractivity contribution in [2.45, 2.75) is 27.7 Å². The molecular formula is C58H44N2O2. The van der Waals surface area contributed by atoms with E-state index in [1.165, 1.54) is 22.3 Å². The minimum absolute atomic E-state index is 0.808. The largest absolute Gasteiger partial charge is 0.456 e. The van der Waals surface area contributed by atoms with Gasteiger partial charge in [0.15, 0.2) is 0 Å². The fraction of sp³-hybridized carbons (Fsp3) is 0.0690. The van der Waals surface area contributed by atoms with Crippen molar-refractivity contribution in [3.63, 3.8) is 0 Å². The molecule has 0 amide bonds. The van der Waals surface area contributed by atoms with Gasteiger partial charge in [-0.3, -0.25) is 0 Å². The third kappa shape index (κ3) is 6.40. The van der Waals surface area contributed by atoms with Gasteiger partial charge in [-0.25, -0.2) is 0 Å². The third-order valence-corrected chi connectivity index (χ3v) is 12.4. The second-order valence-corrected chi connectivity index (χ2v) is 16.4. The first-order valence-corrected chi connectivity index (χ1v) is 21.2. The molecule has 4 nitrogen and oxygen atoms in total. The van der Waals surface area contributed by atoms with Crippen molar-refractivity contribution in [2.75, 3.05) is 9.80 Å². The van der Waals surface area contributed by atoms with E-state index in [4.69, 9.17) is 8.83 Å². The molecule has 0 bridgehead atoms. The van der Waals surface area contributed by atoms with Crippen molar-refractivity contribution in [1.82, 2.24) is 0 Å². The highest BCUT2D eigenvalue weighted by Gasteiger charge is 2.19. The number of furan rings is 2. The number of aryl methyl sites for hydroxylation is 4. The Morgan fingerprint density at radius 3 is 1.00 bits per heavy atom. The van der Waals surface area contributed by atoms with Crippen LogP contribution in [0.2, 0.25) is 0 Å². The van der Waals surface area contributed by atoms with Gasteiger partial charge >= 0.3 is 0 Å². The summed E-state index contributed by atoms with van der Waals surface area (Å²) < 4.78 is 13.3. The van der Waals surface area contributed by atoms with Gasteiger partial charge in [0.25, 0.3) is 0 Å². The van der Waals surface area contributed by atoms with Gasteiger partial charge in [-0.2, -0.15) is 0 Å². The zero-order valence-corrected chi connectivity index (χ0v) is 35.2. The van der Waals surface area contributed by atoms with E-state index in [1.807, 2.05) is 18.2 Å². The Kier molecular flexibility index (Phi) is 9.01. The molecule has 2 aromatic heterocycles. The highest BCUT2D eigenvalue weighted by Crippen LogP contribution is 2.42. The quantitative estimate of drug-likeness (QED) is 0.168. The monoisotopic (exact) mass is 800 g/mol. The Hall–Kier alpha value is -7.82. The maximum Gasteiger partial charge on any atom is 0.136 e. The summed E-state index contributed by atoms with van der Waals surface area (Å²) in [7, 11) is 0. The van der Waals surface area contributed by atoms with Crippen LogP contribution in [0.15, 0.2) is 203 Å². The van der Waals surface area contributed by atoms with Gasteiger partial charge < -0.3 is 18.6 Å². The third-order valence-electron chi connectivity index (χ3n) is 12.4. The van der Waals surface area contributed by atoms with Crippen LogP contribution in [0.4, 0.5) is 34.1 Å². The normalized spacial score (nSPS) is 11.5. The average Bonchev–Trinajstić information content (AvgIpc) is 3.80. The van der Waals surface area contributed by atoms with Gasteiger partial charge in [-0.1, -0.05) is 109 Å². The van der Waals surface area contributed by atoms with Crippen LogP contribution >= 0.6 is 0 Å². The van der Waals surface area contributed by atoms with Gasteiger partial charge in [-0.15, -0.1) is 0 Å². The number of hydrogen-bond donors (Lipinski definition) is 0. The predicted molar refractivity (Wildman–Crippen MR) is 262 cm³/mol. The van der Waals surface area contributed by atoms with Crippen molar-refractivity contribution in [3.8, 4) is 0 Å². The Bertz CT molecular complexity index is 3290. The molecule has 4 heteroatoms. The lowest BCUT2D eigenvalue weighted by Crippen LogP contribution is -2.12. The Balaban J connectivity index is 1.00. The molecule has 298 valence electrons. The van der Waals surface area contributed by atoms with Crippen molar-refractivity contribution < 1.29 is 8.83 Å². The van der Waals surface area contributed by atoms with E-state index in [-0.39, 0.29) is 0 Å². The molecule has 11 aromatic rings. The van der Waals surface area contributed by atoms with E-state index in [0.717, 1.165) is 99.5 Å². The number of para-hydroxylation sites is 4. The molecule has 0 atom stereocenters.